The Balaban J connectivity index is 2.14. The van der Waals surface area contributed by atoms with Gasteiger partial charge in [0.25, 0.3) is 0 Å². The number of hydrogen-bond donors (Lipinski definition) is 2. The van der Waals surface area contributed by atoms with Gasteiger partial charge >= 0.3 is 0 Å². The number of aromatic hydroxyl groups is 1. The Bertz CT molecular complexity index is 661. The average Bonchev–Trinajstić information content (AvgIpc) is 2.54. The zero-order chi connectivity index (χ0) is 16.1. The number of para-hydroxylation sites is 3. The minimum absolute atomic E-state index is 0.0593. The van der Waals surface area contributed by atoms with Crippen molar-refractivity contribution in [3.8, 4) is 11.5 Å². The van der Waals surface area contributed by atoms with Gasteiger partial charge in [-0.3, -0.25) is 0 Å². The molecular weight excluding hydrogens is 296 g/mol. The summed E-state index contributed by atoms with van der Waals surface area (Å²) in [5, 5.41) is 13.7. The molecule has 0 aliphatic carbocycles. The maximum Gasteiger partial charge on any atom is 0.173 e. The van der Waals surface area contributed by atoms with Crippen LogP contribution in [0.25, 0.3) is 0 Å². The van der Waals surface area contributed by atoms with E-state index in [0.717, 1.165) is 17.0 Å². The predicted molar refractivity (Wildman–Crippen MR) is 93.5 cm³/mol. The summed E-state index contributed by atoms with van der Waals surface area (Å²) in [7, 11) is 3.51. The monoisotopic (exact) mass is 316 g/mol. The number of anilines is 1. The van der Waals surface area contributed by atoms with Crippen molar-refractivity contribution in [1.82, 2.24) is 4.90 Å². The van der Waals surface area contributed by atoms with Crippen LogP contribution in [0.15, 0.2) is 48.5 Å². The largest absolute Gasteiger partial charge is 0.508 e. The van der Waals surface area contributed by atoms with Gasteiger partial charge in [0, 0.05) is 12.6 Å². The summed E-state index contributed by atoms with van der Waals surface area (Å²) in [6.07, 6.45) is 0. The minimum Gasteiger partial charge on any atom is -0.508 e. The molecule has 116 valence electrons. The first-order valence-electron chi connectivity index (χ1n) is 6.99. The number of nitrogens with one attached hydrogen (secondary N) is 1. The van der Waals surface area contributed by atoms with Crippen molar-refractivity contribution in [3.05, 3.63) is 54.1 Å². The van der Waals surface area contributed by atoms with Crippen LogP contribution in [-0.4, -0.2) is 29.3 Å². The summed E-state index contributed by atoms with van der Waals surface area (Å²) in [5.41, 5.74) is 1.64. The Morgan fingerprint density at radius 1 is 1.18 bits per heavy atom. The van der Waals surface area contributed by atoms with Crippen LogP contribution in [0.5, 0.6) is 11.5 Å². The molecule has 0 saturated carbocycles. The molecule has 0 radical (unpaired) electrons. The predicted octanol–water partition coefficient (Wildman–Crippen LogP) is 3.79. The van der Waals surface area contributed by atoms with E-state index >= 15 is 0 Å². The van der Waals surface area contributed by atoms with Gasteiger partial charge in [-0.15, -0.1) is 0 Å². The molecule has 0 fully saturated rings. The Labute approximate surface area is 136 Å². The molecule has 1 unspecified atom stereocenters. The van der Waals surface area contributed by atoms with Crippen molar-refractivity contribution < 1.29 is 9.84 Å². The maximum absolute atomic E-state index is 9.97. The van der Waals surface area contributed by atoms with Crippen molar-refractivity contribution >= 4 is 23.0 Å². The Morgan fingerprint density at radius 3 is 2.50 bits per heavy atom. The lowest BCUT2D eigenvalue weighted by Gasteiger charge is -2.28. The molecule has 2 aromatic carbocycles. The number of nitrogens with zero attached hydrogens (tertiary/aromatic N) is 1. The smallest absolute Gasteiger partial charge is 0.173 e. The van der Waals surface area contributed by atoms with Crippen LogP contribution >= 0.6 is 12.2 Å². The van der Waals surface area contributed by atoms with Crippen molar-refractivity contribution in [2.45, 2.75) is 13.0 Å². The summed E-state index contributed by atoms with van der Waals surface area (Å²) in [6.45, 7) is 1.99. The average molecular weight is 316 g/mol. The Kier molecular flexibility index (Phi) is 5.22. The third-order valence-electron chi connectivity index (χ3n) is 3.64. The molecule has 2 aromatic rings. The van der Waals surface area contributed by atoms with Crippen LogP contribution in [0.1, 0.15) is 18.5 Å². The number of phenols is 1. The van der Waals surface area contributed by atoms with Crippen LogP contribution in [-0.2, 0) is 0 Å². The molecule has 2 rings (SSSR count). The first kappa shape index (κ1) is 16.1. The van der Waals surface area contributed by atoms with E-state index in [-0.39, 0.29) is 11.8 Å². The number of hydrogen-bond acceptors (Lipinski definition) is 3. The summed E-state index contributed by atoms with van der Waals surface area (Å²) in [6, 6.07) is 14.8. The van der Waals surface area contributed by atoms with Gasteiger partial charge in [-0.2, -0.15) is 0 Å². The highest BCUT2D eigenvalue weighted by molar-refractivity contribution is 7.80. The standard InChI is InChI=1S/C17H20N2O2S/c1-12(13-8-4-6-10-15(13)20)19(2)17(22)18-14-9-5-7-11-16(14)21-3/h4-12,20H,1-3H3,(H,18,22). The van der Waals surface area contributed by atoms with Crippen LogP contribution in [0.2, 0.25) is 0 Å². The number of rotatable bonds is 4. The number of ether oxygens (including phenoxy) is 1. The quantitative estimate of drug-likeness (QED) is 0.840. The fourth-order valence-corrected chi connectivity index (χ4v) is 2.44. The van der Waals surface area contributed by atoms with Crippen LogP contribution in [0.4, 0.5) is 5.69 Å². The second-order valence-electron chi connectivity index (χ2n) is 4.98. The van der Waals surface area contributed by atoms with Gasteiger partial charge in [0.1, 0.15) is 11.5 Å². The number of phenolic OH excluding ortho intramolecular Hbond substituents is 1. The molecule has 0 amide bonds. The van der Waals surface area contributed by atoms with Crippen molar-refractivity contribution in [2.75, 3.05) is 19.5 Å². The SMILES string of the molecule is COc1ccccc1NC(=S)N(C)C(C)c1ccccc1O. The van der Waals surface area contributed by atoms with Gasteiger partial charge in [0.15, 0.2) is 5.11 Å². The van der Waals surface area contributed by atoms with E-state index in [2.05, 4.69) is 5.32 Å². The molecule has 0 aliphatic rings. The summed E-state index contributed by atoms with van der Waals surface area (Å²) in [4.78, 5) is 1.90. The lowest BCUT2D eigenvalue weighted by atomic mass is 10.1. The van der Waals surface area contributed by atoms with E-state index in [1.807, 2.05) is 55.3 Å². The van der Waals surface area contributed by atoms with E-state index in [1.165, 1.54) is 0 Å². The van der Waals surface area contributed by atoms with Crippen molar-refractivity contribution in [1.29, 1.82) is 0 Å². The zero-order valence-corrected chi connectivity index (χ0v) is 13.7. The summed E-state index contributed by atoms with van der Waals surface area (Å²) < 4.78 is 5.31. The topological polar surface area (TPSA) is 44.7 Å². The van der Waals surface area contributed by atoms with E-state index in [9.17, 15) is 5.11 Å². The molecular formula is C17H20N2O2S. The highest BCUT2D eigenvalue weighted by Crippen LogP contribution is 2.29. The molecule has 4 nitrogen and oxygen atoms in total. The van der Waals surface area contributed by atoms with Crippen LogP contribution < -0.4 is 10.1 Å². The molecule has 22 heavy (non-hydrogen) atoms. The number of methoxy groups -OCH3 is 1. The van der Waals surface area contributed by atoms with E-state index in [1.54, 1.807) is 19.2 Å². The fourth-order valence-electron chi connectivity index (χ4n) is 2.18. The maximum atomic E-state index is 9.97. The fraction of sp³-hybridized carbons (Fsp3) is 0.235. The van der Waals surface area contributed by atoms with Crippen molar-refractivity contribution in [3.63, 3.8) is 0 Å². The Morgan fingerprint density at radius 2 is 1.82 bits per heavy atom. The summed E-state index contributed by atoms with van der Waals surface area (Å²) >= 11 is 5.46. The minimum atomic E-state index is -0.0593. The molecule has 1 atom stereocenters. The second kappa shape index (κ2) is 7.13. The molecule has 0 spiro atoms. The highest BCUT2D eigenvalue weighted by Gasteiger charge is 2.18. The van der Waals surface area contributed by atoms with Gasteiger partial charge < -0.3 is 20.1 Å². The van der Waals surface area contributed by atoms with E-state index in [0.29, 0.717) is 5.11 Å². The van der Waals surface area contributed by atoms with Crippen LogP contribution in [0.3, 0.4) is 0 Å². The molecule has 5 heteroatoms. The zero-order valence-electron chi connectivity index (χ0n) is 12.9. The van der Waals surface area contributed by atoms with Gasteiger partial charge in [-0.25, -0.2) is 0 Å². The van der Waals surface area contributed by atoms with E-state index < -0.39 is 0 Å². The first-order valence-corrected chi connectivity index (χ1v) is 7.40. The highest BCUT2D eigenvalue weighted by atomic mass is 32.1. The lowest BCUT2D eigenvalue weighted by molar-refractivity contribution is 0.384. The number of benzene rings is 2. The molecule has 0 aliphatic heterocycles. The molecule has 0 aromatic heterocycles. The first-order chi connectivity index (χ1) is 10.5. The van der Waals surface area contributed by atoms with Gasteiger partial charge in [-0.05, 0) is 37.3 Å². The van der Waals surface area contributed by atoms with E-state index in [4.69, 9.17) is 17.0 Å². The lowest BCUT2D eigenvalue weighted by Crippen LogP contribution is -2.33. The van der Waals surface area contributed by atoms with Gasteiger partial charge in [0.05, 0.1) is 18.8 Å². The molecule has 0 heterocycles. The Hall–Kier alpha value is -2.27. The van der Waals surface area contributed by atoms with Gasteiger partial charge in [-0.1, -0.05) is 30.3 Å². The molecule has 0 bridgehead atoms. The third kappa shape index (κ3) is 3.49. The number of thiocarbonyl (C=S) groups is 1. The van der Waals surface area contributed by atoms with Gasteiger partial charge in [0.2, 0.25) is 0 Å². The molecule has 2 N–H and O–H groups in total. The van der Waals surface area contributed by atoms with Crippen LogP contribution in [0, 0.1) is 0 Å². The summed E-state index contributed by atoms with van der Waals surface area (Å²) in [5.74, 6) is 0.996. The third-order valence-corrected chi connectivity index (χ3v) is 4.03. The molecule has 0 saturated heterocycles. The second-order valence-corrected chi connectivity index (χ2v) is 5.36. The van der Waals surface area contributed by atoms with Crippen molar-refractivity contribution in [2.24, 2.45) is 0 Å². The normalized spacial score (nSPS) is 11.6.